The molecule has 2 aromatic rings. The van der Waals surface area contributed by atoms with Crippen molar-refractivity contribution in [1.82, 2.24) is 19.8 Å². The second-order valence-electron chi connectivity index (χ2n) is 9.79. The zero-order valence-corrected chi connectivity index (χ0v) is 21.0. The van der Waals surface area contributed by atoms with E-state index >= 15 is 0 Å². The fraction of sp³-hybridized carbons (Fsp3) is 0.591. The fourth-order valence-corrected chi connectivity index (χ4v) is 6.24. The Morgan fingerprint density at radius 1 is 1.25 bits per heavy atom. The number of nitrogens with two attached hydrogens (primary N) is 1. The molecule has 1 amide bonds. The van der Waals surface area contributed by atoms with Crippen LogP contribution in [0.2, 0.25) is 0 Å². The van der Waals surface area contributed by atoms with E-state index in [1.165, 1.54) is 22.0 Å². The maximum atomic E-state index is 13.0. The second kappa shape index (κ2) is 9.43. The Balaban J connectivity index is 1.70. The first-order valence-corrected chi connectivity index (χ1v) is 13.6. The number of aromatic nitrogens is 3. The molecule has 1 atom stereocenters. The Labute approximate surface area is 194 Å². The van der Waals surface area contributed by atoms with E-state index in [4.69, 9.17) is 5.84 Å². The number of amides is 1. The van der Waals surface area contributed by atoms with Gasteiger partial charge in [-0.1, -0.05) is 70.6 Å². The SMILES string of the molecule is CC(C)CN(C(=O)CSc1nnc(-c2ccc(C(C)(C)C)cc2)n1N)[C@H]1CCS(=O)(=O)C1. The highest BCUT2D eigenvalue weighted by Crippen LogP contribution is 2.27. The van der Waals surface area contributed by atoms with Gasteiger partial charge in [-0.15, -0.1) is 10.2 Å². The quantitative estimate of drug-likeness (QED) is 0.480. The molecule has 1 aliphatic heterocycles. The molecule has 1 aromatic heterocycles. The lowest BCUT2D eigenvalue weighted by molar-refractivity contribution is -0.130. The molecule has 0 saturated carbocycles. The molecule has 0 bridgehead atoms. The molecule has 176 valence electrons. The number of thioether (sulfide) groups is 1. The van der Waals surface area contributed by atoms with E-state index in [0.29, 0.717) is 23.9 Å². The maximum Gasteiger partial charge on any atom is 0.233 e. The van der Waals surface area contributed by atoms with Crippen LogP contribution in [0.4, 0.5) is 0 Å². The van der Waals surface area contributed by atoms with Crippen LogP contribution in [-0.2, 0) is 20.0 Å². The average molecular weight is 480 g/mol. The van der Waals surface area contributed by atoms with Gasteiger partial charge in [-0.25, -0.2) is 13.1 Å². The number of hydrogen-bond acceptors (Lipinski definition) is 7. The number of sulfone groups is 1. The van der Waals surface area contributed by atoms with E-state index in [0.717, 1.165) is 5.56 Å². The van der Waals surface area contributed by atoms with Gasteiger partial charge in [-0.3, -0.25) is 4.79 Å². The van der Waals surface area contributed by atoms with Gasteiger partial charge in [-0.2, -0.15) is 0 Å². The molecule has 1 aliphatic rings. The largest absolute Gasteiger partial charge is 0.338 e. The number of rotatable bonds is 7. The van der Waals surface area contributed by atoms with Crippen LogP contribution >= 0.6 is 11.8 Å². The van der Waals surface area contributed by atoms with Crippen LogP contribution in [0.1, 0.15) is 46.6 Å². The monoisotopic (exact) mass is 479 g/mol. The van der Waals surface area contributed by atoms with E-state index in [2.05, 4.69) is 43.1 Å². The average Bonchev–Trinajstić information content (AvgIpc) is 3.25. The predicted molar refractivity (Wildman–Crippen MR) is 129 cm³/mol. The molecule has 0 unspecified atom stereocenters. The lowest BCUT2D eigenvalue weighted by Crippen LogP contribution is -2.44. The third-order valence-electron chi connectivity index (χ3n) is 5.53. The normalized spacial score (nSPS) is 18.2. The molecule has 32 heavy (non-hydrogen) atoms. The molecule has 10 heteroatoms. The summed E-state index contributed by atoms with van der Waals surface area (Å²) in [7, 11) is -3.07. The number of benzene rings is 1. The van der Waals surface area contributed by atoms with Gasteiger partial charge in [0.1, 0.15) is 0 Å². The van der Waals surface area contributed by atoms with E-state index in [1.54, 1.807) is 4.90 Å². The van der Waals surface area contributed by atoms with Crippen LogP contribution in [-0.4, -0.2) is 63.9 Å². The predicted octanol–water partition coefficient (Wildman–Crippen LogP) is 2.72. The number of carbonyl (C=O) groups excluding carboxylic acids is 1. The zero-order chi connectivity index (χ0) is 23.7. The smallest absolute Gasteiger partial charge is 0.233 e. The van der Waals surface area contributed by atoms with E-state index in [-0.39, 0.29) is 40.5 Å². The van der Waals surface area contributed by atoms with Gasteiger partial charge in [0.25, 0.3) is 0 Å². The van der Waals surface area contributed by atoms with Crippen molar-refractivity contribution in [1.29, 1.82) is 0 Å². The van der Waals surface area contributed by atoms with Gasteiger partial charge in [0.2, 0.25) is 11.1 Å². The van der Waals surface area contributed by atoms with Crippen LogP contribution < -0.4 is 5.84 Å². The summed E-state index contributed by atoms with van der Waals surface area (Å²) in [6, 6.07) is 7.79. The van der Waals surface area contributed by atoms with Crippen molar-refractivity contribution >= 4 is 27.5 Å². The third kappa shape index (κ3) is 5.83. The molecular formula is C22H33N5O3S2. The number of nitrogen functional groups attached to an aromatic ring is 1. The first-order chi connectivity index (χ1) is 14.9. The fourth-order valence-electron chi connectivity index (χ4n) is 3.77. The lowest BCUT2D eigenvalue weighted by Gasteiger charge is -2.29. The highest BCUT2D eigenvalue weighted by Gasteiger charge is 2.35. The molecule has 8 nitrogen and oxygen atoms in total. The molecule has 3 rings (SSSR count). The van der Waals surface area contributed by atoms with Crippen LogP contribution in [0.25, 0.3) is 11.4 Å². The van der Waals surface area contributed by atoms with Crippen LogP contribution in [0.15, 0.2) is 29.4 Å². The van der Waals surface area contributed by atoms with Crippen molar-refractivity contribution in [3.63, 3.8) is 0 Å². The topological polar surface area (TPSA) is 111 Å². The standard InChI is InChI=1S/C22H33N5O3S2/c1-15(2)12-26(18-10-11-32(29,30)14-18)19(28)13-31-21-25-24-20(27(21)23)16-6-8-17(9-7-16)22(3,4)5/h6-9,15,18H,10-14,23H2,1-5H3/t18-/m0/s1. The van der Waals surface area contributed by atoms with Crippen molar-refractivity contribution in [2.45, 2.75) is 57.7 Å². The summed E-state index contributed by atoms with van der Waals surface area (Å²) in [5, 5.41) is 8.81. The Morgan fingerprint density at radius 2 is 1.91 bits per heavy atom. The minimum Gasteiger partial charge on any atom is -0.338 e. The Bertz CT molecular complexity index is 1060. The molecule has 0 radical (unpaired) electrons. The van der Waals surface area contributed by atoms with Crippen molar-refractivity contribution in [3.05, 3.63) is 29.8 Å². The molecule has 1 fully saturated rings. The number of carbonyl (C=O) groups is 1. The molecule has 1 saturated heterocycles. The molecule has 0 spiro atoms. The first-order valence-electron chi connectivity index (χ1n) is 10.8. The minimum atomic E-state index is -3.07. The van der Waals surface area contributed by atoms with E-state index in [9.17, 15) is 13.2 Å². The minimum absolute atomic E-state index is 0.0396. The Morgan fingerprint density at radius 3 is 2.44 bits per heavy atom. The van der Waals surface area contributed by atoms with Crippen molar-refractivity contribution in [2.75, 3.05) is 29.6 Å². The van der Waals surface area contributed by atoms with Crippen molar-refractivity contribution in [2.24, 2.45) is 5.92 Å². The summed E-state index contributed by atoms with van der Waals surface area (Å²) in [5.74, 6) is 7.20. The van der Waals surface area contributed by atoms with E-state index < -0.39 is 9.84 Å². The third-order valence-corrected chi connectivity index (χ3v) is 8.21. The summed E-state index contributed by atoms with van der Waals surface area (Å²) in [5.41, 5.74) is 2.11. The highest BCUT2D eigenvalue weighted by molar-refractivity contribution is 7.99. The van der Waals surface area contributed by atoms with Crippen molar-refractivity contribution in [3.8, 4) is 11.4 Å². The second-order valence-corrected chi connectivity index (χ2v) is 13.0. The molecule has 2 N–H and O–H groups in total. The van der Waals surface area contributed by atoms with Gasteiger partial charge in [0.05, 0.1) is 17.3 Å². The Kier molecular flexibility index (Phi) is 7.24. The first kappa shape index (κ1) is 24.6. The Hall–Kier alpha value is -2.07. The number of hydrogen-bond donors (Lipinski definition) is 1. The van der Waals surface area contributed by atoms with Gasteiger partial charge in [0, 0.05) is 18.2 Å². The summed E-state index contributed by atoms with van der Waals surface area (Å²) < 4.78 is 25.2. The summed E-state index contributed by atoms with van der Waals surface area (Å²) in [6.45, 7) is 11.0. The lowest BCUT2D eigenvalue weighted by atomic mass is 9.87. The summed E-state index contributed by atoms with van der Waals surface area (Å²) in [6.07, 6.45) is 0.493. The zero-order valence-electron chi connectivity index (χ0n) is 19.4. The summed E-state index contributed by atoms with van der Waals surface area (Å²) in [4.78, 5) is 14.7. The molecule has 0 aliphatic carbocycles. The maximum absolute atomic E-state index is 13.0. The van der Waals surface area contributed by atoms with Crippen molar-refractivity contribution < 1.29 is 13.2 Å². The highest BCUT2D eigenvalue weighted by atomic mass is 32.2. The van der Waals surface area contributed by atoms with Gasteiger partial charge in [0.15, 0.2) is 15.7 Å². The van der Waals surface area contributed by atoms with Gasteiger partial charge < -0.3 is 10.7 Å². The van der Waals surface area contributed by atoms with Gasteiger partial charge in [-0.05, 0) is 23.3 Å². The summed E-state index contributed by atoms with van der Waals surface area (Å²) >= 11 is 1.22. The molecule has 2 heterocycles. The van der Waals surface area contributed by atoms with E-state index in [1.807, 2.05) is 26.0 Å². The molecule has 1 aromatic carbocycles. The van der Waals surface area contributed by atoms with Crippen LogP contribution in [0, 0.1) is 5.92 Å². The molecular weight excluding hydrogens is 446 g/mol. The van der Waals surface area contributed by atoms with Gasteiger partial charge >= 0.3 is 0 Å². The van der Waals surface area contributed by atoms with Crippen LogP contribution in [0.3, 0.4) is 0 Å². The number of nitrogens with zero attached hydrogens (tertiary/aromatic N) is 4. The van der Waals surface area contributed by atoms with Crippen LogP contribution in [0.5, 0.6) is 0 Å².